The summed E-state index contributed by atoms with van der Waals surface area (Å²) in [7, 11) is 0. The zero-order valence-corrected chi connectivity index (χ0v) is 9.32. The van der Waals surface area contributed by atoms with Gasteiger partial charge in [-0.1, -0.05) is 13.3 Å². The van der Waals surface area contributed by atoms with Crippen molar-refractivity contribution >= 4 is 17.9 Å². The molecule has 0 fully saturated rings. The number of hydrogen-bond acceptors (Lipinski definition) is 3. The minimum absolute atomic E-state index is 0.327. The van der Waals surface area contributed by atoms with Gasteiger partial charge in [0.15, 0.2) is 0 Å². The normalized spacial score (nSPS) is 13.6. The van der Waals surface area contributed by atoms with Gasteiger partial charge in [-0.3, -0.25) is 4.79 Å². The molecule has 0 saturated heterocycles. The molecule has 7 nitrogen and oxygen atoms in total. The lowest BCUT2D eigenvalue weighted by molar-refractivity contribution is -0.139. The summed E-state index contributed by atoms with van der Waals surface area (Å²) in [5, 5.41) is 13.2. The fourth-order valence-corrected chi connectivity index (χ4v) is 1.01. The van der Waals surface area contributed by atoms with Crippen molar-refractivity contribution in [2.45, 2.75) is 38.8 Å². The summed E-state index contributed by atoms with van der Waals surface area (Å²) < 4.78 is 0. The third-order valence-electron chi connectivity index (χ3n) is 1.96. The molecule has 0 spiro atoms. The van der Waals surface area contributed by atoms with Gasteiger partial charge in [0, 0.05) is 0 Å². The van der Waals surface area contributed by atoms with E-state index in [0.29, 0.717) is 12.8 Å². The third-order valence-corrected chi connectivity index (χ3v) is 1.96. The van der Waals surface area contributed by atoms with Gasteiger partial charge in [0.25, 0.3) is 0 Å². The molecule has 3 amide bonds. The maximum atomic E-state index is 11.3. The number of urea groups is 1. The topological polar surface area (TPSA) is 122 Å². The number of rotatable bonds is 6. The maximum Gasteiger partial charge on any atom is 0.326 e. The molecule has 0 aromatic heterocycles. The van der Waals surface area contributed by atoms with Gasteiger partial charge < -0.3 is 21.5 Å². The number of amides is 3. The minimum atomic E-state index is -1.11. The van der Waals surface area contributed by atoms with Crippen molar-refractivity contribution in [3.63, 3.8) is 0 Å². The van der Waals surface area contributed by atoms with Gasteiger partial charge in [0.1, 0.15) is 12.1 Å². The Morgan fingerprint density at radius 1 is 1.31 bits per heavy atom. The van der Waals surface area contributed by atoms with E-state index in [9.17, 15) is 14.4 Å². The van der Waals surface area contributed by atoms with Crippen molar-refractivity contribution in [2.24, 2.45) is 5.73 Å². The summed E-state index contributed by atoms with van der Waals surface area (Å²) in [5.74, 6) is -1.79. The van der Waals surface area contributed by atoms with E-state index < -0.39 is 30.0 Å². The summed E-state index contributed by atoms with van der Waals surface area (Å²) in [5.41, 5.74) is 4.94. The van der Waals surface area contributed by atoms with Gasteiger partial charge in [-0.25, -0.2) is 9.59 Å². The largest absolute Gasteiger partial charge is 0.480 e. The molecule has 0 heterocycles. The summed E-state index contributed by atoms with van der Waals surface area (Å²) in [6.07, 6.45) is 0.955. The van der Waals surface area contributed by atoms with Gasteiger partial charge in [0.2, 0.25) is 5.91 Å². The molecule has 5 N–H and O–H groups in total. The van der Waals surface area contributed by atoms with Gasteiger partial charge in [-0.15, -0.1) is 0 Å². The van der Waals surface area contributed by atoms with E-state index in [1.807, 2.05) is 6.92 Å². The highest BCUT2D eigenvalue weighted by atomic mass is 16.4. The molecule has 92 valence electrons. The van der Waals surface area contributed by atoms with E-state index in [2.05, 4.69) is 10.6 Å². The SMILES string of the molecule is CCC[C@@H](NC(=O)NC(C)C(N)=O)C(=O)O. The summed E-state index contributed by atoms with van der Waals surface area (Å²) in [4.78, 5) is 32.6. The number of hydrogen-bond donors (Lipinski definition) is 4. The number of carbonyl (C=O) groups is 3. The number of nitrogens with one attached hydrogen (secondary N) is 2. The van der Waals surface area contributed by atoms with E-state index in [1.54, 1.807) is 0 Å². The zero-order chi connectivity index (χ0) is 12.7. The Morgan fingerprint density at radius 2 is 1.88 bits per heavy atom. The Labute approximate surface area is 93.4 Å². The summed E-state index contributed by atoms with van der Waals surface area (Å²) in [6.45, 7) is 3.22. The first kappa shape index (κ1) is 14.2. The number of carbonyl (C=O) groups excluding carboxylic acids is 2. The van der Waals surface area contributed by atoms with E-state index in [-0.39, 0.29) is 0 Å². The molecule has 0 saturated carbocycles. The Balaban J connectivity index is 4.19. The fraction of sp³-hybridized carbons (Fsp3) is 0.667. The molecule has 0 aliphatic carbocycles. The van der Waals surface area contributed by atoms with Crippen LogP contribution >= 0.6 is 0 Å². The van der Waals surface area contributed by atoms with Crippen molar-refractivity contribution in [3.05, 3.63) is 0 Å². The average molecular weight is 231 g/mol. The monoisotopic (exact) mass is 231 g/mol. The van der Waals surface area contributed by atoms with Crippen molar-refractivity contribution in [1.29, 1.82) is 0 Å². The van der Waals surface area contributed by atoms with E-state index in [0.717, 1.165) is 0 Å². The second-order valence-electron chi connectivity index (χ2n) is 3.42. The predicted octanol–water partition coefficient (Wildman–Crippen LogP) is -0.587. The molecule has 0 rings (SSSR count). The number of nitrogens with two attached hydrogens (primary N) is 1. The fourth-order valence-electron chi connectivity index (χ4n) is 1.01. The van der Waals surface area contributed by atoms with Crippen molar-refractivity contribution in [3.8, 4) is 0 Å². The van der Waals surface area contributed by atoms with Gasteiger partial charge in [-0.2, -0.15) is 0 Å². The molecule has 7 heteroatoms. The van der Waals surface area contributed by atoms with Crippen LogP contribution in [0.5, 0.6) is 0 Å². The third kappa shape index (κ3) is 5.18. The molecule has 0 aromatic carbocycles. The Hall–Kier alpha value is -1.79. The molecule has 2 atom stereocenters. The molecule has 0 aromatic rings. The van der Waals surface area contributed by atoms with Crippen LogP contribution in [-0.4, -0.2) is 35.1 Å². The lowest BCUT2D eigenvalue weighted by Gasteiger charge is -2.16. The van der Waals surface area contributed by atoms with E-state index in [4.69, 9.17) is 10.8 Å². The van der Waals surface area contributed by atoms with E-state index >= 15 is 0 Å². The first-order valence-corrected chi connectivity index (χ1v) is 4.97. The van der Waals surface area contributed by atoms with Crippen LogP contribution in [0.4, 0.5) is 4.79 Å². The number of aliphatic carboxylic acids is 1. The van der Waals surface area contributed by atoms with Crippen LogP contribution in [0.1, 0.15) is 26.7 Å². The highest BCUT2D eigenvalue weighted by molar-refractivity contribution is 5.87. The quantitative estimate of drug-likeness (QED) is 0.488. The molecule has 1 unspecified atom stereocenters. The molecule has 16 heavy (non-hydrogen) atoms. The Kier molecular flexibility index (Phi) is 5.91. The Morgan fingerprint density at radius 3 is 2.25 bits per heavy atom. The van der Waals surface area contributed by atoms with Crippen LogP contribution in [0.25, 0.3) is 0 Å². The van der Waals surface area contributed by atoms with Crippen LogP contribution in [0, 0.1) is 0 Å². The van der Waals surface area contributed by atoms with Crippen molar-refractivity contribution in [2.75, 3.05) is 0 Å². The number of primary amides is 1. The first-order valence-electron chi connectivity index (χ1n) is 4.97. The summed E-state index contributed by atoms with van der Waals surface area (Å²) in [6, 6.07) is -2.51. The lowest BCUT2D eigenvalue weighted by Crippen LogP contribution is -2.51. The number of carboxylic acids is 1. The van der Waals surface area contributed by atoms with Gasteiger partial charge in [-0.05, 0) is 13.3 Å². The maximum absolute atomic E-state index is 11.3. The highest BCUT2D eigenvalue weighted by Gasteiger charge is 2.20. The van der Waals surface area contributed by atoms with Crippen molar-refractivity contribution < 1.29 is 19.5 Å². The van der Waals surface area contributed by atoms with Crippen LogP contribution in [-0.2, 0) is 9.59 Å². The Bertz CT molecular complexity index is 280. The minimum Gasteiger partial charge on any atom is -0.480 e. The average Bonchev–Trinajstić information content (AvgIpc) is 2.16. The predicted molar refractivity (Wildman–Crippen MR) is 56.7 cm³/mol. The zero-order valence-electron chi connectivity index (χ0n) is 9.32. The second-order valence-corrected chi connectivity index (χ2v) is 3.42. The first-order chi connectivity index (χ1) is 7.38. The summed E-state index contributed by atoms with van der Waals surface area (Å²) >= 11 is 0. The standard InChI is InChI=1S/C9H17N3O4/c1-3-4-6(8(14)15)12-9(16)11-5(2)7(10)13/h5-6H,3-4H2,1-2H3,(H2,10,13)(H,14,15)(H2,11,12,16)/t5?,6-/m1/s1. The molecule has 0 bridgehead atoms. The highest BCUT2D eigenvalue weighted by Crippen LogP contribution is 1.96. The van der Waals surface area contributed by atoms with E-state index in [1.165, 1.54) is 6.92 Å². The molecular weight excluding hydrogens is 214 g/mol. The lowest BCUT2D eigenvalue weighted by atomic mass is 10.2. The number of carboxylic acid groups (broad SMARTS) is 1. The molecule has 0 aliphatic heterocycles. The smallest absolute Gasteiger partial charge is 0.326 e. The van der Waals surface area contributed by atoms with Crippen LogP contribution in [0.15, 0.2) is 0 Å². The molecule has 0 aliphatic rings. The molecular formula is C9H17N3O4. The van der Waals surface area contributed by atoms with Crippen LogP contribution in [0.2, 0.25) is 0 Å². The second kappa shape index (κ2) is 6.65. The van der Waals surface area contributed by atoms with Crippen LogP contribution in [0.3, 0.4) is 0 Å². The van der Waals surface area contributed by atoms with Gasteiger partial charge in [0.05, 0.1) is 0 Å². The molecule has 0 radical (unpaired) electrons. The van der Waals surface area contributed by atoms with Crippen molar-refractivity contribution in [1.82, 2.24) is 10.6 Å². The van der Waals surface area contributed by atoms with Crippen LogP contribution < -0.4 is 16.4 Å². The van der Waals surface area contributed by atoms with Gasteiger partial charge >= 0.3 is 12.0 Å².